The van der Waals surface area contributed by atoms with E-state index in [-0.39, 0.29) is 0 Å². The number of nitrogens with one attached hydrogen (secondary N) is 1. The highest BCUT2D eigenvalue weighted by atomic mass is 14.9. The standard InChI is InChI=1S/C14H19N/c1-14-8-9-15-10-12(14)7-6-11-4-2-3-5-13(11)14/h2-5,12,15H,6-10H2,1H3. The molecule has 1 N–H and O–H groups in total. The van der Waals surface area contributed by atoms with Gasteiger partial charge in [0.05, 0.1) is 0 Å². The Hall–Kier alpha value is -0.820. The van der Waals surface area contributed by atoms with E-state index in [0.717, 1.165) is 5.92 Å². The van der Waals surface area contributed by atoms with Crippen molar-refractivity contribution in [2.75, 3.05) is 13.1 Å². The van der Waals surface area contributed by atoms with Crippen molar-refractivity contribution in [3.05, 3.63) is 35.4 Å². The van der Waals surface area contributed by atoms with Crippen LogP contribution in [-0.4, -0.2) is 13.1 Å². The molecule has 3 rings (SSSR count). The summed E-state index contributed by atoms with van der Waals surface area (Å²) in [6.07, 6.45) is 3.94. The van der Waals surface area contributed by atoms with Gasteiger partial charge in [0.1, 0.15) is 0 Å². The Morgan fingerprint density at radius 1 is 1.33 bits per heavy atom. The largest absolute Gasteiger partial charge is 0.316 e. The van der Waals surface area contributed by atoms with Crippen LogP contribution in [0.5, 0.6) is 0 Å². The Morgan fingerprint density at radius 3 is 3.13 bits per heavy atom. The van der Waals surface area contributed by atoms with Gasteiger partial charge < -0.3 is 5.32 Å². The molecule has 0 spiro atoms. The minimum absolute atomic E-state index is 0.445. The molecular formula is C14H19N. The van der Waals surface area contributed by atoms with Crippen LogP contribution in [-0.2, 0) is 11.8 Å². The molecule has 1 aliphatic heterocycles. The SMILES string of the molecule is CC12CCNCC1CCc1ccccc12. The minimum Gasteiger partial charge on any atom is -0.316 e. The summed E-state index contributed by atoms with van der Waals surface area (Å²) < 4.78 is 0. The Kier molecular flexibility index (Phi) is 2.10. The smallest absolute Gasteiger partial charge is 0.00120 e. The zero-order valence-electron chi connectivity index (χ0n) is 9.42. The Balaban J connectivity index is 2.09. The van der Waals surface area contributed by atoms with E-state index in [1.165, 1.54) is 32.4 Å². The molecule has 0 bridgehead atoms. The normalized spacial score (nSPS) is 34.3. The zero-order chi connectivity index (χ0) is 10.3. The van der Waals surface area contributed by atoms with Crippen molar-refractivity contribution in [3.63, 3.8) is 0 Å². The summed E-state index contributed by atoms with van der Waals surface area (Å²) in [4.78, 5) is 0. The molecule has 1 heterocycles. The molecule has 1 fully saturated rings. The predicted octanol–water partition coefficient (Wildman–Crippen LogP) is 2.50. The summed E-state index contributed by atoms with van der Waals surface area (Å²) in [5.41, 5.74) is 3.67. The molecule has 0 saturated carbocycles. The van der Waals surface area contributed by atoms with Gasteiger partial charge in [0, 0.05) is 0 Å². The lowest BCUT2D eigenvalue weighted by molar-refractivity contribution is 0.193. The third kappa shape index (κ3) is 1.33. The van der Waals surface area contributed by atoms with E-state index in [0.29, 0.717) is 5.41 Å². The summed E-state index contributed by atoms with van der Waals surface area (Å²) in [6, 6.07) is 9.06. The van der Waals surface area contributed by atoms with Crippen LogP contribution in [0.15, 0.2) is 24.3 Å². The average Bonchev–Trinajstić information content (AvgIpc) is 2.29. The summed E-state index contributed by atoms with van der Waals surface area (Å²) >= 11 is 0. The molecule has 1 aromatic carbocycles. The van der Waals surface area contributed by atoms with Gasteiger partial charge in [-0.1, -0.05) is 31.2 Å². The van der Waals surface area contributed by atoms with Crippen LogP contribution >= 0.6 is 0 Å². The molecular weight excluding hydrogens is 182 g/mol. The molecule has 1 nitrogen and oxygen atoms in total. The molecule has 0 amide bonds. The van der Waals surface area contributed by atoms with Crippen molar-refractivity contribution in [2.45, 2.75) is 31.6 Å². The average molecular weight is 201 g/mol. The maximum atomic E-state index is 3.54. The van der Waals surface area contributed by atoms with E-state index in [4.69, 9.17) is 0 Å². The van der Waals surface area contributed by atoms with E-state index in [1.54, 1.807) is 11.1 Å². The Bertz CT molecular complexity index is 371. The van der Waals surface area contributed by atoms with Gasteiger partial charge in [-0.25, -0.2) is 0 Å². The van der Waals surface area contributed by atoms with Gasteiger partial charge in [-0.05, 0) is 54.8 Å². The number of piperidine rings is 1. The fraction of sp³-hybridized carbons (Fsp3) is 0.571. The van der Waals surface area contributed by atoms with Crippen LogP contribution < -0.4 is 5.32 Å². The van der Waals surface area contributed by atoms with Crippen molar-refractivity contribution in [2.24, 2.45) is 5.92 Å². The van der Waals surface area contributed by atoms with Crippen LogP contribution in [0.3, 0.4) is 0 Å². The fourth-order valence-corrected chi connectivity index (χ4v) is 3.45. The maximum absolute atomic E-state index is 3.54. The lowest BCUT2D eigenvalue weighted by Crippen LogP contribution is -2.48. The van der Waals surface area contributed by atoms with E-state index in [9.17, 15) is 0 Å². The molecule has 2 aliphatic rings. The second-order valence-corrected chi connectivity index (χ2v) is 5.26. The second kappa shape index (κ2) is 3.34. The Morgan fingerprint density at radius 2 is 2.20 bits per heavy atom. The van der Waals surface area contributed by atoms with Gasteiger partial charge in [-0.2, -0.15) is 0 Å². The minimum atomic E-state index is 0.445. The maximum Gasteiger partial charge on any atom is -0.00120 e. The van der Waals surface area contributed by atoms with E-state index in [1.807, 2.05) is 0 Å². The Labute approximate surface area is 91.9 Å². The van der Waals surface area contributed by atoms with Crippen molar-refractivity contribution in [1.82, 2.24) is 5.32 Å². The van der Waals surface area contributed by atoms with Crippen molar-refractivity contribution < 1.29 is 0 Å². The number of fused-ring (bicyclic) bond motifs is 3. The van der Waals surface area contributed by atoms with Crippen LogP contribution in [0.2, 0.25) is 0 Å². The van der Waals surface area contributed by atoms with E-state index < -0.39 is 0 Å². The summed E-state index contributed by atoms with van der Waals surface area (Å²) in [5.74, 6) is 0.848. The van der Waals surface area contributed by atoms with Gasteiger partial charge >= 0.3 is 0 Å². The van der Waals surface area contributed by atoms with Crippen LogP contribution in [0.4, 0.5) is 0 Å². The van der Waals surface area contributed by atoms with Gasteiger partial charge in [0.25, 0.3) is 0 Å². The molecule has 15 heavy (non-hydrogen) atoms. The lowest BCUT2D eigenvalue weighted by atomic mass is 9.61. The molecule has 80 valence electrons. The summed E-state index contributed by atoms with van der Waals surface area (Å²) in [5, 5.41) is 3.54. The highest BCUT2D eigenvalue weighted by Gasteiger charge is 2.41. The van der Waals surface area contributed by atoms with Gasteiger partial charge in [-0.3, -0.25) is 0 Å². The number of benzene rings is 1. The number of hydrogen-bond donors (Lipinski definition) is 1. The first-order valence-electron chi connectivity index (χ1n) is 6.10. The topological polar surface area (TPSA) is 12.0 Å². The molecule has 1 saturated heterocycles. The third-order valence-electron chi connectivity index (χ3n) is 4.51. The number of aryl methyl sites for hydroxylation is 1. The first kappa shape index (κ1) is 9.41. The first-order chi connectivity index (χ1) is 7.31. The molecule has 1 aliphatic carbocycles. The molecule has 2 unspecified atom stereocenters. The number of rotatable bonds is 0. The first-order valence-corrected chi connectivity index (χ1v) is 6.10. The number of hydrogen-bond acceptors (Lipinski definition) is 1. The predicted molar refractivity (Wildman–Crippen MR) is 63.1 cm³/mol. The quantitative estimate of drug-likeness (QED) is 0.680. The fourth-order valence-electron chi connectivity index (χ4n) is 3.45. The van der Waals surface area contributed by atoms with Crippen molar-refractivity contribution in [1.29, 1.82) is 0 Å². The van der Waals surface area contributed by atoms with Crippen LogP contribution in [0.25, 0.3) is 0 Å². The second-order valence-electron chi connectivity index (χ2n) is 5.26. The van der Waals surface area contributed by atoms with Gasteiger partial charge in [0.2, 0.25) is 0 Å². The third-order valence-corrected chi connectivity index (χ3v) is 4.51. The van der Waals surface area contributed by atoms with Crippen LogP contribution in [0.1, 0.15) is 30.9 Å². The van der Waals surface area contributed by atoms with Gasteiger partial charge in [-0.15, -0.1) is 0 Å². The molecule has 1 aromatic rings. The highest BCUT2D eigenvalue weighted by molar-refractivity contribution is 5.37. The van der Waals surface area contributed by atoms with Crippen LogP contribution in [0, 0.1) is 5.92 Å². The van der Waals surface area contributed by atoms with Crippen molar-refractivity contribution >= 4 is 0 Å². The summed E-state index contributed by atoms with van der Waals surface area (Å²) in [6.45, 7) is 4.86. The van der Waals surface area contributed by atoms with E-state index >= 15 is 0 Å². The molecule has 0 aromatic heterocycles. The monoisotopic (exact) mass is 201 g/mol. The molecule has 1 heteroatoms. The van der Waals surface area contributed by atoms with Gasteiger partial charge in [0.15, 0.2) is 0 Å². The van der Waals surface area contributed by atoms with Crippen molar-refractivity contribution in [3.8, 4) is 0 Å². The summed E-state index contributed by atoms with van der Waals surface area (Å²) in [7, 11) is 0. The molecule has 2 atom stereocenters. The zero-order valence-corrected chi connectivity index (χ0v) is 9.42. The van der Waals surface area contributed by atoms with E-state index in [2.05, 4.69) is 36.5 Å². The highest BCUT2D eigenvalue weighted by Crippen LogP contribution is 2.44. The lowest BCUT2D eigenvalue weighted by Gasteiger charge is -2.46. The molecule has 0 radical (unpaired) electrons.